The van der Waals surface area contributed by atoms with Gasteiger partial charge in [0.15, 0.2) is 0 Å². The first-order chi connectivity index (χ1) is 9.36. The van der Waals surface area contributed by atoms with Crippen LogP contribution in [0.1, 0.15) is 31.2 Å². The summed E-state index contributed by atoms with van der Waals surface area (Å²) in [6, 6.07) is 9.68. The molecule has 2 heterocycles. The summed E-state index contributed by atoms with van der Waals surface area (Å²) in [5, 5.41) is 0.758. The summed E-state index contributed by atoms with van der Waals surface area (Å²) in [6.07, 6.45) is 6.45. The van der Waals surface area contributed by atoms with Gasteiger partial charge in [0.05, 0.1) is 0 Å². The molecule has 104 valence electrons. The average molecular weight is 296 g/mol. The molecule has 2 aliphatic rings. The van der Waals surface area contributed by atoms with Crippen molar-refractivity contribution < 1.29 is 0 Å². The Labute approximate surface area is 125 Å². The summed E-state index contributed by atoms with van der Waals surface area (Å²) < 4.78 is 0. The van der Waals surface area contributed by atoms with Gasteiger partial charge in [-0.25, -0.2) is 0 Å². The zero-order valence-corrected chi connectivity index (χ0v) is 12.9. The Hall–Kier alpha value is -0.180. The minimum absolute atomic E-state index is 0.758. The summed E-state index contributed by atoms with van der Waals surface area (Å²) in [4.78, 5) is 4.22. The van der Waals surface area contributed by atoms with E-state index in [2.05, 4.69) is 40.9 Å². The first-order valence-corrected chi connectivity index (χ1v) is 8.83. The van der Waals surface area contributed by atoms with Crippen molar-refractivity contribution in [3.63, 3.8) is 0 Å². The van der Waals surface area contributed by atoms with Gasteiger partial charge < -0.3 is 0 Å². The minimum Gasteiger partial charge on any atom is -0.299 e. The van der Waals surface area contributed by atoms with Gasteiger partial charge in [-0.1, -0.05) is 18.2 Å². The van der Waals surface area contributed by atoms with Gasteiger partial charge in [-0.2, -0.15) is 0 Å². The highest BCUT2D eigenvalue weighted by Crippen LogP contribution is 2.38. The molecule has 1 aromatic carbocycles. The van der Waals surface area contributed by atoms with E-state index in [4.69, 9.17) is 11.6 Å². The van der Waals surface area contributed by atoms with E-state index in [1.807, 2.05) is 0 Å². The maximum Gasteiger partial charge on any atom is 0.0263 e. The van der Waals surface area contributed by atoms with Gasteiger partial charge in [0, 0.05) is 28.6 Å². The molecular weight excluding hydrogens is 274 g/mol. The van der Waals surface area contributed by atoms with Crippen LogP contribution in [0.15, 0.2) is 29.2 Å². The zero-order chi connectivity index (χ0) is 13.1. The quantitative estimate of drug-likeness (QED) is 0.750. The molecular formula is C16H22ClNS. The van der Waals surface area contributed by atoms with Crippen LogP contribution < -0.4 is 0 Å². The number of hydrogen-bond donors (Lipinski definition) is 0. The van der Waals surface area contributed by atoms with Crippen LogP contribution in [0.2, 0.25) is 0 Å². The Morgan fingerprint density at radius 1 is 1.32 bits per heavy atom. The van der Waals surface area contributed by atoms with Gasteiger partial charge in [-0.3, -0.25) is 4.90 Å². The van der Waals surface area contributed by atoms with Gasteiger partial charge in [0.25, 0.3) is 0 Å². The Balaban J connectivity index is 1.55. The number of thioether (sulfide) groups is 1. The monoisotopic (exact) mass is 295 g/mol. The van der Waals surface area contributed by atoms with Crippen LogP contribution in [0.25, 0.3) is 0 Å². The molecule has 0 amide bonds. The van der Waals surface area contributed by atoms with E-state index in [9.17, 15) is 0 Å². The smallest absolute Gasteiger partial charge is 0.0263 e. The van der Waals surface area contributed by atoms with E-state index >= 15 is 0 Å². The van der Waals surface area contributed by atoms with E-state index in [1.54, 1.807) is 5.56 Å². The highest BCUT2D eigenvalue weighted by atomic mass is 35.5. The SMILES string of the molecule is ClCCCC1CCCN1CC1Cc2ccccc2S1. The summed E-state index contributed by atoms with van der Waals surface area (Å²) in [6.45, 7) is 2.55. The molecule has 3 heteroatoms. The lowest BCUT2D eigenvalue weighted by Gasteiger charge is -2.26. The molecule has 0 N–H and O–H groups in total. The van der Waals surface area contributed by atoms with Crippen LogP contribution in [-0.4, -0.2) is 35.2 Å². The van der Waals surface area contributed by atoms with Crippen LogP contribution in [0.3, 0.4) is 0 Å². The Kier molecular flexibility index (Phi) is 4.73. The minimum atomic E-state index is 0.758. The van der Waals surface area contributed by atoms with Gasteiger partial charge >= 0.3 is 0 Å². The van der Waals surface area contributed by atoms with Crippen molar-refractivity contribution in [2.45, 2.75) is 48.3 Å². The second-order valence-corrected chi connectivity index (χ2v) is 7.39. The predicted octanol–water partition coefficient (Wildman–Crippen LogP) is 4.19. The van der Waals surface area contributed by atoms with Crippen LogP contribution in [0.5, 0.6) is 0 Å². The van der Waals surface area contributed by atoms with Crippen LogP contribution >= 0.6 is 23.4 Å². The summed E-state index contributed by atoms with van der Waals surface area (Å²) in [5.41, 5.74) is 1.55. The van der Waals surface area contributed by atoms with Gasteiger partial charge in [-0.05, 0) is 50.3 Å². The third kappa shape index (κ3) is 3.29. The molecule has 2 aliphatic heterocycles. The average Bonchev–Trinajstić information content (AvgIpc) is 3.02. The Morgan fingerprint density at radius 2 is 2.21 bits per heavy atom. The fraction of sp³-hybridized carbons (Fsp3) is 0.625. The first-order valence-electron chi connectivity index (χ1n) is 7.41. The topological polar surface area (TPSA) is 3.24 Å². The number of benzene rings is 1. The van der Waals surface area contributed by atoms with Crippen LogP contribution in [-0.2, 0) is 6.42 Å². The summed E-state index contributed by atoms with van der Waals surface area (Å²) in [7, 11) is 0. The van der Waals surface area contributed by atoms with E-state index < -0.39 is 0 Å². The van der Waals surface area contributed by atoms with E-state index in [0.717, 1.165) is 17.2 Å². The summed E-state index contributed by atoms with van der Waals surface area (Å²) >= 11 is 7.92. The molecule has 19 heavy (non-hydrogen) atoms. The zero-order valence-electron chi connectivity index (χ0n) is 11.4. The van der Waals surface area contributed by atoms with Crippen molar-refractivity contribution in [3.05, 3.63) is 29.8 Å². The molecule has 2 unspecified atom stereocenters. The van der Waals surface area contributed by atoms with Crippen LogP contribution in [0.4, 0.5) is 0 Å². The maximum absolute atomic E-state index is 5.84. The number of alkyl halides is 1. The molecule has 0 saturated carbocycles. The lowest BCUT2D eigenvalue weighted by atomic mass is 10.1. The van der Waals surface area contributed by atoms with Gasteiger partial charge in [0.2, 0.25) is 0 Å². The van der Waals surface area contributed by atoms with Crippen molar-refractivity contribution in [1.82, 2.24) is 4.90 Å². The van der Waals surface area contributed by atoms with Gasteiger partial charge in [-0.15, -0.1) is 23.4 Å². The molecule has 1 saturated heterocycles. The first kappa shape index (κ1) is 13.8. The Morgan fingerprint density at radius 3 is 3.05 bits per heavy atom. The normalized spacial score (nSPS) is 26.8. The maximum atomic E-state index is 5.84. The Bertz CT molecular complexity index is 398. The molecule has 1 aromatic rings. The number of halogens is 1. The van der Waals surface area contributed by atoms with Crippen molar-refractivity contribution >= 4 is 23.4 Å². The molecule has 1 fully saturated rings. The molecule has 0 spiro atoms. The lowest BCUT2D eigenvalue weighted by molar-refractivity contribution is 0.243. The third-order valence-electron chi connectivity index (χ3n) is 4.32. The fourth-order valence-electron chi connectivity index (χ4n) is 3.39. The molecule has 2 atom stereocenters. The largest absolute Gasteiger partial charge is 0.299 e. The molecule has 0 radical (unpaired) electrons. The third-order valence-corrected chi connectivity index (χ3v) is 5.89. The standard InChI is InChI=1S/C16H22ClNS/c17-9-3-6-14-7-4-10-18(14)12-15-11-13-5-1-2-8-16(13)19-15/h1-2,5,8,14-15H,3-4,6-7,9-12H2. The van der Waals surface area contributed by atoms with Crippen molar-refractivity contribution in [1.29, 1.82) is 0 Å². The number of hydrogen-bond acceptors (Lipinski definition) is 2. The fourth-order valence-corrected chi connectivity index (χ4v) is 4.89. The van der Waals surface area contributed by atoms with E-state index in [1.165, 1.54) is 50.1 Å². The number of likely N-dealkylation sites (tertiary alicyclic amines) is 1. The molecule has 3 rings (SSSR count). The summed E-state index contributed by atoms with van der Waals surface area (Å²) in [5.74, 6) is 0.813. The van der Waals surface area contributed by atoms with E-state index in [0.29, 0.717) is 0 Å². The van der Waals surface area contributed by atoms with Crippen molar-refractivity contribution in [2.75, 3.05) is 19.0 Å². The molecule has 0 bridgehead atoms. The number of fused-ring (bicyclic) bond motifs is 1. The highest BCUT2D eigenvalue weighted by Gasteiger charge is 2.29. The predicted molar refractivity (Wildman–Crippen MR) is 84.3 cm³/mol. The number of rotatable bonds is 5. The van der Waals surface area contributed by atoms with Crippen molar-refractivity contribution in [2.24, 2.45) is 0 Å². The van der Waals surface area contributed by atoms with Crippen molar-refractivity contribution in [3.8, 4) is 0 Å². The number of nitrogens with zero attached hydrogens (tertiary/aromatic N) is 1. The van der Waals surface area contributed by atoms with Crippen LogP contribution in [0, 0.1) is 0 Å². The van der Waals surface area contributed by atoms with Gasteiger partial charge in [0.1, 0.15) is 0 Å². The molecule has 0 aliphatic carbocycles. The lowest BCUT2D eigenvalue weighted by Crippen LogP contribution is -2.35. The second kappa shape index (κ2) is 6.51. The second-order valence-electron chi connectivity index (χ2n) is 5.67. The molecule has 0 aromatic heterocycles. The highest BCUT2D eigenvalue weighted by molar-refractivity contribution is 8.00. The molecule has 1 nitrogen and oxygen atoms in total. The van der Waals surface area contributed by atoms with E-state index in [-0.39, 0.29) is 0 Å².